The van der Waals surface area contributed by atoms with Crippen LogP contribution in [0.25, 0.3) is 0 Å². The number of carbonyl (C=O) groups is 1. The predicted molar refractivity (Wildman–Crippen MR) is 114 cm³/mol. The fraction of sp³-hybridized carbons (Fsp3) is 0.280. The van der Waals surface area contributed by atoms with Crippen molar-refractivity contribution in [2.75, 3.05) is 0 Å². The van der Waals surface area contributed by atoms with Crippen LogP contribution >= 0.6 is 0 Å². The predicted octanol–water partition coefficient (Wildman–Crippen LogP) is 5.33. The Morgan fingerprint density at radius 2 is 1.93 bits per heavy atom. The largest absolute Gasteiger partial charge is 0.489 e. The van der Waals surface area contributed by atoms with Crippen molar-refractivity contribution < 1.29 is 9.53 Å². The molecule has 1 aliphatic rings. The van der Waals surface area contributed by atoms with Crippen LogP contribution in [0, 0.1) is 6.92 Å². The summed E-state index contributed by atoms with van der Waals surface area (Å²) in [4.78, 5) is 19.8. The Morgan fingerprint density at radius 1 is 1.10 bits per heavy atom. The van der Waals surface area contributed by atoms with Crippen molar-refractivity contribution in [1.82, 2.24) is 9.88 Å². The lowest BCUT2D eigenvalue weighted by molar-refractivity contribution is 0.0669. The fourth-order valence-electron chi connectivity index (χ4n) is 3.61. The zero-order chi connectivity index (χ0) is 20.2. The maximum atomic E-state index is 13.4. The molecule has 1 aliphatic carbocycles. The second-order valence-corrected chi connectivity index (χ2v) is 7.68. The summed E-state index contributed by atoms with van der Waals surface area (Å²) in [5.74, 6) is 0.741. The van der Waals surface area contributed by atoms with E-state index in [4.69, 9.17) is 4.74 Å². The topological polar surface area (TPSA) is 42.4 Å². The Morgan fingerprint density at radius 3 is 2.66 bits per heavy atom. The van der Waals surface area contributed by atoms with E-state index in [1.165, 1.54) is 5.56 Å². The molecule has 4 nitrogen and oxygen atoms in total. The van der Waals surface area contributed by atoms with Gasteiger partial charge < -0.3 is 9.64 Å². The summed E-state index contributed by atoms with van der Waals surface area (Å²) in [5, 5.41) is 0. The molecule has 1 atom stereocenters. The number of ether oxygens (including phenoxy) is 1. The van der Waals surface area contributed by atoms with Crippen LogP contribution in [0.1, 0.15) is 53.0 Å². The monoisotopic (exact) mass is 386 g/mol. The summed E-state index contributed by atoms with van der Waals surface area (Å²) < 4.78 is 5.96. The van der Waals surface area contributed by atoms with Crippen LogP contribution in [0.4, 0.5) is 0 Å². The van der Waals surface area contributed by atoms with Gasteiger partial charge in [-0.25, -0.2) is 0 Å². The molecule has 1 unspecified atom stereocenters. The molecule has 1 fully saturated rings. The zero-order valence-electron chi connectivity index (χ0n) is 16.9. The number of benzene rings is 2. The molecule has 1 saturated carbocycles. The summed E-state index contributed by atoms with van der Waals surface area (Å²) in [5.41, 5.74) is 3.89. The highest BCUT2D eigenvalue weighted by molar-refractivity contribution is 5.95. The number of amides is 1. The van der Waals surface area contributed by atoms with Crippen molar-refractivity contribution >= 4 is 5.91 Å². The minimum absolute atomic E-state index is 0.0339. The van der Waals surface area contributed by atoms with Crippen LogP contribution in [0.2, 0.25) is 0 Å². The molecule has 29 heavy (non-hydrogen) atoms. The van der Waals surface area contributed by atoms with E-state index in [0.717, 1.165) is 24.1 Å². The van der Waals surface area contributed by atoms with Crippen molar-refractivity contribution in [2.45, 2.75) is 45.4 Å². The van der Waals surface area contributed by atoms with Gasteiger partial charge in [0.2, 0.25) is 0 Å². The molecule has 4 heteroatoms. The van der Waals surface area contributed by atoms with Gasteiger partial charge in [0.15, 0.2) is 0 Å². The van der Waals surface area contributed by atoms with Crippen molar-refractivity contribution in [1.29, 1.82) is 0 Å². The highest BCUT2D eigenvalue weighted by Crippen LogP contribution is 2.35. The molecule has 1 aromatic heterocycles. The number of carbonyl (C=O) groups excluding carboxylic acids is 1. The van der Waals surface area contributed by atoms with E-state index in [1.54, 1.807) is 6.20 Å². The number of nitrogens with zero attached hydrogens (tertiary/aromatic N) is 2. The summed E-state index contributed by atoms with van der Waals surface area (Å²) in [6, 6.07) is 21.8. The van der Waals surface area contributed by atoms with Crippen molar-refractivity contribution in [2.24, 2.45) is 0 Å². The number of aryl methyl sites for hydroxylation is 1. The standard InChI is InChI=1S/C25H26N2O2/c1-18-7-5-8-20(15-18)17-29-23-10-6-9-21(16-23)25(28)27(22-12-13-22)19(2)24-11-3-4-14-26-24/h3-11,14-16,19,22H,12-13,17H2,1-2H3. The second-order valence-electron chi connectivity index (χ2n) is 7.68. The van der Waals surface area contributed by atoms with E-state index in [9.17, 15) is 4.79 Å². The maximum absolute atomic E-state index is 13.4. The van der Waals surface area contributed by atoms with Crippen LogP contribution in [0.3, 0.4) is 0 Å². The van der Waals surface area contributed by atoms with Gasteiger partial charge in [0.25, 0.3) is 5.91 Å². The van der Waals surface area contributed by atoms with Gasteiger partial charge in [0, 0.05) is 17.8 Å². The number of aromatic nitrogens is 1. The van der Waals surface area contributed by atoms with Crippen molar-refractivity contribution in [3.05, 3.63) is 95.3 Å². The minimum Gasteiger partial charge on any atom is -0.489 e. The Labute approximate surface area is 172 Å². The van der Waals surface area contributed by atoms with E-state index < -0.39 is 0 Å². The first-order valence-electron chi connectivity index (χ1n) is 10.1. The van der Waals surface area contributed by atoms with Gasteiger partial charge in [0.05, 0.1) is 11.7 Å². The smallest absolute Gasteiger partial charge is 0.254 e. The number of pyridine rings is 1. The molecule has 0 saturated heterocycles. The molecule has 4 rings (SSSR count). The molecule has 2 aromatic carbocycles. The molecule has 148 valence electrons. The molecule has 3 aromatic rings. The molecule has 0 aliphatic heterocycles. The van der Waals surface area contributed by atoms with Crippen LogP contribution in [0.5, 0.6) is 5.75 Å². The third-order valence-electron chi connectivity index (χ3n) is 5.28. The van der Waals surface area contributed by atoms with E-state index in [-0.39, 0.29) is 18.0 Å². The van der Waals surface area contributed by atoms with Crippen molar-refractivity contribution in [3.63, 3.8) is 0 Å². The van der Waals surface area contributed by atoms with E-state index in [0.29, 0.717) is 17.9 Å². The first kappa shape index (κ1) is 19.2. The molecular formula is C25H26N2O2. The summed E-state index contributed by atoms with van der Waals surface area (Å²) in [6.45, 7) is 4.60. The molecule has 0 N–H and O–H groups in total. The summed E-state index contributed by atoms with van der Waals surface area (Å²) in [6.07, 6.45) is 3.88. The first-order valence-corrected chi connectivity index (χ1v) is 10.1. The third-order valence-corrected chi connectivity index (χ3v) is 5.28. The number of rotatable bonds is 7. The molecule has 0 bridgehead atoms. The average Bonchev–Trinajstić information content (AvgIpc) is 3.58. The van der Waals surface area contributed by atoms with Gasteiger partial charge in [0.1, 0.15) is 12.4 Å². The third kappa shape index (κ3) is 4.65. The summed E-state index contributed by atoms with van der Waals surface area (Å²) in [7, 11) is 0. The highest BCUT2D eigenvalue weighted by Gasteiger charge is 2.37. The van der Waals surface area contributed by atoms with Gasteiger partial charge in [-0.3, -0.25) is 9.78 Å². The lowest BCUT2D eigenvalue weighted by Crippen LogP contribution is -2.35. The van der Waals surface area contributed by atoms with Gasteiger partial charge in [-0.05, 0) is 62.6 Å². The molecular weight excluding hydrogens is 360 g/mol. The average molecular weight is 386 g/mol. The second kappa shape index (κ2) is 8.48. The Balaban J connectivity index is 1.51. The van der Waals surface area contributed by atoms with Gasteiger partial charge in [-0.15, -0.1) is 0 Å². The Hall–Kier alpha value is -3.14. The number of hydrogen-bond acceptors (Lipinski definition) is 3. The SMILES string of the molecule is Cc1cccc(COc2cccc(C(=O)N(C3CC3)C(C)c3ccccn3)c2)c1. The van der Waals surface area contributed by atoms with E-state index in [1.807, 2.05) is 59.5 Å². The normalized spacial score (nSPS) is 14.3. The van der Waals surface area contributed by atoms with Crippen LogP contribution in [-0.4, -0.2) is 21.8 Å². The first-order chi connectivity index (χ1) is 14.1. The van der Waals surface area contributed by atoms with E-state index in [2.05, 4.69) is 31.0 Å². The highest BCUT2D eigenvalue weighted by atomic mass is 16.5. The van der Waals surface area contributed by atoms with Crippen LogP contribution in [0.15, 0.2) is 72.9 Å². The van der Waals surface area contributed by atoms with Crippen LogP contribution in [-0.2, 0) is 6.61 Å². The van der Waals surface area contributed by atoms with E-state index >= 15 is 0 Å². The zero-order valence-corrected chi connectivity index (χ0v) is 16.9. The molecule has 1 amide bonds. The quantitative estimate of drug-likeness (QED) is 0.551. The van der Waals surface area contributed by atoms with Crippen LogP contribution < -0.4 is 4.74 Å². The van der Waals surface area contributed by atoms with Gasteiger partial charge >= 0.3 is 0 Å². The maximum Gasteiger partial charge on any atom is 0.254 e. The Kier molecular flexibility index (Phi) is 5.61. The fourth-order valence-corrected chi connectivity index (χ4v) is 3.61. The lowest BCUT2D eigenvalue weighted by Gasteiger charge is -2.29. The molecule has 0 radical (unpaired) electrons. The Bertz CT molecular complexity index is 983. The molecule has 1 heterocycles. The number of hydrogen-bond donors (Lipinski definition) is 0. The van der Waals surface area contributed by atoms with Gasteiger partial charge in [-0.1, -0.05) is 42.0 Å². The van der Waals surface area contributed by atoms with Crippen molar-refractivity contribution in [3.8, 4) is 5.75 Å². The molecule has 0 spiro atoms. The lowest BCUT2D eigenvalue weighted by atomic mass is 10.1. The minimum atomic E-state index is -0.0620. The van der Waals surface area contributed by atoms with Gasteiger partial charge in [-0.2, -0.15) is 0 Å². The summed E-state index contributed by atoms with van der Waals surface area (Å²) >= 11 is 0.